The van der Waals surface area contributed by atoms with Gasteiger partial charge in [0.2, 0.25) is 0 Å². The number of fused-ring (bicyclic) bond motifs is 1. The molecule has 0 aliphatic heterocycles. The van der Waals surface area contributed by atoms with Gasteiger partial charge in [0.15, 0.2) is 5.65 Å². The molecule has 3 atom stereocenters. The maximum Gasteiger partial charge on any atom is 0.162 e. The summed E-state index contributed by atoms with van der Waals surface area (Å²) in [6.07, 6.45) is 8.44. The Kier molecular flexibility index (Phi) is 5.69. The van der Waals surface area contributed by atoms with Crippen LogP contribution in [0.15, 0.2) is 30.0 Å². The van der Waals surface area contributed by atoms with E-state index in [2.05, 4.69) is 26.8 Å². The highest BCUT2D eigenvalue weighted by atomic mass is 35.5. The summed E-state index contributed by atoms with van der Waals surface area (Å²) in [5, 5.41) is 6.52. The van der Waals surface area contributed by atoms with Gasteiger partial charge in [-0.3, -0.25) is 4.79 Å². The second kappa shape index (κ2) is 8.21. The minimum Gasteiger partial charge on any atom is -0.380 e. The molecule has 1 saturated carbocycles. The topological polar surface area (TPSA) is 59.8 Å². The maximum absolute atomic E-state index is 11.7. The first-order valence-electron chi connectivity index (χ1n) is 9.87. The number of carbonyl (C=O) groups is 1. The fourth-order valence-electron chi connectivity index (χ4n) is 4.11. The summed E-state index contributed by atoms with van der Waals surface area (Å²) in [6, 6.07) is 4.52. The van der Waals surface area contributed by atoms with Crippen LogP contribution in [0.4, 0.5) is 5.69 Å². The Morgan fingerprint density at radius 1 is 1.39 bits per heavy atom. The highest BCUT2D eigenvalue weighted by molar-refractivity contribution is 7.10. The predicted octanol–water partition coefficient (Wildman–Crippen LogP) is 5.51. The van der Waals surface area contributed by atoms with Crippen LogP contribution in [-0.4, -0.2) is 26.4 Å². The summed E-state index contributed by atoms with van der Waals surface area (Å²) >= 11 is 7.98. The van der Waals surface area contributed by atoms with Crippen molar-refractivity contribution in [2.24, 2.45) is 5.92 Å². The van der Waals surface area contributed by atoms with Gasteiger partial charge in [-0.05, 0) is 50.1 Å². The Labute approximate surface area is 174 Å². The van der Waals surface area contributed by atoms with Gasteiger partial charge in [0.05, 0.1) is 17.0 Å². The van der Waals surface area contributed by atoms with Crippen molar-refractivity contribution >= 4 is 45.6 Å². The minimum atomic E-state index is 0.170. The number of imidazole rings is 1. The molecule has 0 saturated heterocycles. The highest BCUT2D eigenvalue weighted by Crippen LogP contribution is 2.37. The lowest BCUT2D eigenvalue weighted by Gasteiger charge is -2.18. The molecule has 3 aromatic heterocycles. The molecule has 0 radical (unpaired) electrons. The van der Waals surface area contributed by atoms with E-state index in [1.54, 1.807) is 18.3 Å². The van der Waals surface area contributed by atoms with Crippen LogP contribution >= 0.6 is 22.9 Å². The highest BCUT2D eigenvalue weighted by Gasteiger charge is 2.30. The average Bonchev–Trinajstić information content (AvgIpc) is 3.41. The normalized spacial score (nSPS) is 20.5. The van der Waals surface area contributed by atoms with E-state index in [1.165, 1.54) is 4.88 Å². The molecule has 3 aromatic rings. The third-order valence-corrected chi connectivity index (χ3v) is 7.22. The number of pyridine rings is 1. The molecule has 7 heteroatoms. The monoisotopic (exact) mass is 416 g/mol. The van der Waals surface area contributed by atoms with Crippen LogP contribution in [0.5, 0.6) is 0 Å². The van der Waals surface area contributed by atoms with Gasteiger partial charge >= 0.3 is 0 Å². The molecule has 3 unspecified atom stereocenters. The van der Waals surface area contributed by atoms with Gasteiger partial charge < -0.3 is 9.88 Å². The summed E-state index contributed by atoms with van der Waals surface area (Å²) < 4.78 is 2.15. The molecule has 148 valence electrons. The summed E-state index contributed by atoms with van der Waals surface area (Å²) in [4.78, 5) is 22.2. The summed E-state index contributed by atoms with van der Waals surface area (Å²) in [5.41, 5.74) is 2.79. The van der Waals surface area contributed by atoms with Crippen LogP contribution < -0.4 is 5.32 Å². The number of Topliss-reactive ketones (excluding diaryl/α,β-unsaturated/α-hetero) is 1. The maximum atomic E-state index is 11.7. The lowest BCUT2D eigenvalue weighted by Crippen LogP contribution is -2.21. The molecule has 0 amide bonds. The zero-order chi connectivity index (χ0) is 19.7. The van der Waals surface area contributed by atoms with Crippen LogP contribution in [0.1, 0.15) is 50.4 Å². The molecule has 0 aromatic carbocycles. The van der Waals surface area contributed by atoms with E-state index in [-0.39, 0.29) is 12.0 Å². The molecule has 1 fully saturated rings. The van der Waals surface area contributed by atoms with E-state index < -0.39 is 0 Å². The number of rotatable bonds is 7. The van der Waals surface area contributed by atoms with Crippen LogP contribution in [0.3, 0.4) is 0 Å². The first-order chi connectivity index (χ1) is 13.6. The van der Waals surface area contributed by atoms with Crippen molar-refractivity contribution < 1.29 is 4.79 Å². The third-order valence-electron chi connectivity index (χ3n) is 5.81. The number of carbonyl (C=O) groups excluding carboxylic acids is 1. The smallest absolute Gasteiger partial charge is 0.162 e. The van der Waals surface area contributed by atoms with E-state index in [4.69, 9.17) is 11.6 Å². The number of nitrogens with zero attached hydrogens (tertiary/aromatic N) is 3. The second-order valence-electron chi connectivity index (χ2n) is 7.60. The van der Waals surface area contributed by atoms with Crippen molar-refractivity contribution in [3.63, 3.8) is 0 Å². The number of ketones is 1. The summed E-state index contributed by atoms with van der Waals surface area (Å²) in [5.74, 6) is 0.462. The Morgan fingerprint density at radius 3 is 2.93 bits per heavy atom. The van der Waals surface area contributed by atoms with Crippen molar-refractivity contribution in [3.8, 4) is 0 Å². The van der Waals surface area contributed by atoms with Gasteiger partial charge in [0, 0.05) is 35.5 Å². The average molecular weight is 417 g/mol. The first kappa shape index (κ1) is 19.4. The number of anilines is 1. The van der Waals surface area contributed by atoms with Crippen molar-refractivity contribution in [3.05, 3.63) is 39.9 Å². The standard InChI is InChI=1S/C21H25ClN4OS/c1-3-15(11-19-17(22)7-9-28-19)25-18-6-8-23-21-20(18)24-12-26(21)16-5-4-14(10-16)13(2)27/h6-9,12,14-16H,3-5,10-11H2,1-2H3,(H,23,25). The van der Waals surface area contributed by atoms with Gasteiger partial charge in [-0.15, -0.1) is 11.3 Å². The fraction of sp³-hybridized carbons (Fsp3) is 0.476. The fourth-order valence-corrected chi connectivity index (χ4v) is 5.30. The lowest BCUT2D eigenvalue weighted by molar-refractivity contribution is -0.120. The zero-order valence-corrected chi connectivity index (χ0v) is 17.8. The molecule has 1 aliphatic carbocycles. The molecule has 1 N–H and O–H groups in total. The van der Waals surface area contributed by atoms with Crippen molar-refractivity contribution in [2.75, 3.05) is 5.32 Å². The Balaban J connectivity index is 1.56. The van der Waals surface area contributed by atoms with E-state index in [1.807, 2.05) is 30.0 Å². The second-order valence-corrected chi connectivity index (χ2v) is 9.01. The van der Waals surface area contributed by atoms with Gasteiger partial charge in [-0.1, -0.05) is 18.5 Å². The van der Waals surface area contributed by atoms with Crippen LogP contribution in [-0.2, 0) is 11.2 Å². The van der Waals surface area contributed by atoms with Gasteiger partial charge in [-0.2, -0.15) is 0 Å². The number of aromatic nitrogens is 3. The Morgan fingerprint density at radius 2 is 2.25 bits per heavy atom. The number of hydrogen-bond donors (Lipinski definition) is 1. The lowest BCUT2D eigenvalue weighted by atomic mass is 10.0. The van der Waals surface area contributed by atoms with E-state index >= 15 is 0 Å². The van der Waals surface area contributed by atoms with Crippen LogP contribution in [0, 0.1) is 5.92 Å². The minimum absolute atomic E-state index is 0.170. The summed E-state index contributed by atoms with van der Waals surface area (Å²) in [6.45, 7) is 3.88. The number of nitrogens with one attached hydrogen (secondary N) is 1. The Bertz CT molecular complexity index is 982. The third kappa shape index (κ3) is 3.80. The van der Waals surface area contributed by atoms with Crippen molar-refractivity contribution in [1.82, 2.24) is 14.5 Å². The molecular formula is C21H25ClN4OS. The van der Waals surface area contributed by atoms with Crippen LogP contribution in [0.2, 0.25) is 5.02 Å². The van der Waals surface area contributed by atoms with E-state index in [0.717, 1.165) is 54.0 Å². The first-order valence-corrected chi connectivity index (χ1v) is 11.1. The number of thiophene rings is 1. The summed E-state index contributed by atoms with van der Waals surface area (Å²) in [7, 11) is 0. The Hall–Kier alpha value is -1.92. The number of hydrogen-bond acceptors (Lipinski definition) is 5. The molecule has 5 nitrogen and oxygen atoms in total. The van der Waals surface area contributed by atoms with Crippen molar-refractivity contribution in [1.29, 1.82) is 0 Å². The molecule has 3 heterocycles. The molecule has 4 rings (SSSR count). The van der Waals surface area contributed by atoms with E-state index in [0.29, 0.717) is 11.8 Å². The number of halogens is 1. The van der Waals surface area contributed by atoms with Crippen molar-refractivity contribution in [2.45, 2.75) is 58.0 Å². The molecule has 1 aliphatic rings. The quantitative estimate of drug-likeness (QED) is 0.551. The van der Waals surface area contributed by atoms with E-state index in [9.17, 15) is 4.79 Å². The molecule has 0 spiro atoms. The predicted molar refractivity (Wildman–Crippen MR) is 115 cm³/mol. The van der Waals surface area contributed by atoms with Gasteiger partial charge in [0.1, 0.15) is 11.3 Å². The SMILES string of the molecule is CCC(Cc1sccc1Cl)Nc1ccnc2c1ncn2C1CCC(C(C)=O)C1. The molecular weight excluding hydrogens is 392 g/mol. The molecule has 28 heavy (non-hydrogen) atoms. The largest absolute Gasteiger partial charge is 0.380 e. The molecule has 0 bridgehead atoms. The van der Waals surface area contributed by atoms with Crippen LogP contribution in [0.25, 0.3) is 11.2 Å². The van der Waals surface area contributed by atoms with Gasteiger partial charge in [0.25, 0.3) is 0 Å². The zero-order valence-electron chi connectivity index (χ0n) is 16.2. The van der Waals surface area contributed by atoms with Gasteiger partial charge in [-0.25, -0.2) is 9.97 Å².